The van der Waals surface area contributed by atoms with Crippen LogP contribution in [0, 0.1) is 20.8 Å². The molecule has 5 rings (SSSR count). The summed E-state index contributed by atoms with van der Waals surface area (Å²) >= 11 is 0. The summed E-state index contributed by atoms with van der Waals surface area (Å²) in [6.45, 7) is 42.5. The predicted octanol–water partition coefficient (Wildman–Crippen LogP) is 11.2. The van der Waals surface area contributed by atoms with E-state index >= 15 is 0 Å². The zero-order valence-electron chi connectivity index (χ0n) is 35.5. The Labute approximate surface area is 319 Å². The molecule has 0 N–H and O–H groups in total. The number of rotatable bonds is 9. The molecule has 278 valence electrons. The highest BCUT2D eigenvalue weighted by molar-refractivity contribution is 7.31. The fraction of sp³-hybridized carbons (Fsp3) is 0.535. The summed E-state index contributed by atoms with van der Waals surface area (Å²) in [6.07, 6.45) is 3.00. The number of ether oxygens (including phenoxy) is 2. The number of fused-ring (bicyclic) bond motifs is 2. The Morgan fingerprint density at radius 3 is 1.24 bits per heavy atom. The van der Waals surface area contributed by atoms with Crippen molar-refractivity contribution in [2.24, 2.45) is 0 Å². The van der Waals surface area contributed by atoms with Crippen molar-refractivity contribution in [3.05, 3.63) is 83.4 Å². The Morgan fingerprint density at radius 1 is 0.549 bits per heavy atom. The average Bonchev–Trinajstić information content (AvgIpc) is 3.41. The van der Waals surface area contributed by atoms with Gasteiger partial charge in [0.05, 0.1) is 21.1 Å². The van der Waals surface area contributed by atoms with Gasteiger partial charge in [0.25, 0.3) is 0 Å². The van der Waals surface area contributed by atoms with E-state index in [2.05, 4.69) is 176 Å². The van der Waals surface area contributed by atoms with Gasteiger partial charge < -0.3 is 9.47 Å². The van der Waals surface area contributed by atoms with E-state index in [0.717, 1.165) is 0 Å². The molecule has 1 heterocycles. The Hall–Kier alpha value is -1.38. The van der Waals surface area contributed by atoms with Gasteiger partial charge in [-0.05, 0) is 78.5 Å². The monoisotopic (exact) mass is 786 g/mol. The molecule has 1 saturated heterocycles. The van der Waals surface area contributed by atoms with Crippen molar-refractivity contribution in [2.75, 3.05) is 27.4 Å². The van der Waals surface area contributed by atoms with Crippen LogP contribution in [0.3, 0.4) is 0 Å². The molecule has 1 fully saturated rings. The maximum Gasteiger partial charge on any atom is 0.0696 e. The molecule has 2 nitrogen and oxygen atoms in total. The summed E-state index contributed by atoms with van der Waals surface area (Å²) in [5.74, 6) is 0. The van der Waals surface area contributed by atoms with E-state index in [1.54, 1.807) is 46.5 Å². The number of hydrogen-bond donors (Lipinski definition) is 0. The highest BCUT2D eigenvalue weighted by Gasteiger charge is 2.70. The molecule has 0 aliphatic carbocycles. The molecule has 0 amide bonds. The van der Waals surface area contributed by atoms with Crippen molar-refractivity contribution in [1.29, 1.82) is 0 Å². The van der Waals surface area contributed by atoms with E-state index in [1.807, 2.05) is 0 Å². The molecule has 1 aliphatic heterocycles. The molecular formula is C43H70O2Si6. The molecule has 4 aromatic carbocycles. The molecular weight excluding hydrogens is 717 g/mol. The second-order valence-corrected chi connectivity index (χ2v) is 51.1. The second kappa shape index (κ2) is 15.4. The van der Waals surface area contributed by atoms with Gasteiger partial charge in [-0.25, -0.2) is 0 Å². The minimum absolute atomic E-state index is 0.557. The first-order valence-corrected chi connectivity index (χ1v) is 37.2. The van der Waals surface area contributed by atoms with E-state index in [4.69, 9.17) is 0 Å². The smallest absolute Gasteiger partial charge is 0.0696 e. The van der Waals surface area contributed by atoms with Gasteiger partial charge in [-0.1, -0.05) is 158 Å². The first kappa shape index (κ1) is 42.4. The van der Waals surface area contributed by atoms with Gasteiger partial charge in [0, 0.05) is 54.4 Å². The predicted molar refractivity (Wildman–Crippen MR) is 245 cm³/mol. The largest absolute Gasteiger partial charge is 0.382 e. The standard InChI is InChI=1S/C39H60Si6.C4H10O2/c1-29-26-30(2)36(31(3)27-29)40(37-34-22-18-16-20-32(34)28-33-21-17-19-23-35(33)37)41-38(42(4,5)6,43(7,8)9)24-25-39(41,44(10,11)12)45(13,14)15;1-5-3-4-6-2/h16-23,26-28H,24-25H2,1-15H3;3-4H2,1-2H3. The van der Waals surface area contributed by atoms with Crippen LogP contribution in [0.5, 0.6) is 0 Å². The van der Waals surface area contributed by atoms with Gasteiger partial charge in [0.1, 0.15) is 0 Å². The summed E-state index contributed by atoms with van der Waals surface area (Å²) in [5.41, 5.74) is 4.57. The third-order valence-electron chi connectivity index (χ3n) is 12.5. The Morgan fingerprint density at radius 2 is 0.902 bits per heavy atom. The maximum atomic E-state index is 4.66. The second-order valence-electron chi connectivity index (χ2n) is 19.5. The molecule has 0 spiro atoms. The zero-order chi connectivity index (χ0) is 38.4. The molecule has 51 heavy (non-hydrogen) atoms. The van der Waals surface area contributed by atoms with Crippen LogP contribution in [0.2, 0.25) is 87.1 Å². The molecule has 0 unspecified atom stereocenters. The van der Waals surface area contributed by atoms with E-state index in [9.17, 15) is 0 Å². The molecule has 1 aliphatic rings. The number of hydrogen-bond acceptors (Lipinski definition) is 2. The van der Waals surface area contributed by atoms with Gasteiger partial charge in [-0.3, -0.25) is 0 Å². The molecule has 0 atom stereocenters. The average molecular weight is 788 g/mol. The van der Waals surface area contributed by atoms with Crippen molar-refractivity contribution < 1.29 is 9.47 Å². The summed E-state index contributed by atoms with van der Waals surface area (Å²) in [5, 5.41) is 9.55. The van der Waals surface area contributed by atoms with Crippen molar-refractivity contribution in [2.45, 2.75) is 121 Å². The maximum absolute atomic E-state index is 4.66. The zero-order valence-corrected chi connectivity index (χ0v) is 41.5. The Kier molecular flexibility index (Phi) is 12.8. The summed E-state index contributed by atoms with van der Waals surface area (Å²) < 4.78 is 10.4. The van der Waals surface area contributed by atoms with Crippen molar-refractivity contribution >= 4 is 80.0 Å². The summed E-state index contributed by atoms with van der Waals surface area (Å²) in [4.78, 5) is 0. The van der Waals surface area contributed by atoms with Crippen LogP contribution in [0.15, 0.2) is 66.7 Å². The Bertz CT molecular complexity index is 1750. The van der Waals surface area contributed by atoms with Gasteiger partial charge in [0.2, 0.25) is 0 Å². The van der Waals surface area contributed by atoms with Gasteiger partial charge in [-0.15, -0.1) is 0 Å². The van der Waals surface area contributed by atoms with E-state index in [1.165, 1.54) is 29.2 Å². The molecule has 0 saturated carbocycles. The summed E-state index contributed by atoms with van der Waals surface area (Å²) in [6, 6.07) is 26.6. The molecule has 8 heteroatoms. The lowest BCUT2D eigenvalue weighted by atomic mass is 10.0. The van der Waals surface area contributed by atoms with Crippen LogP contribution in [-0.2, 0) is 9.47 Å². The lowest BCUT2D eigenvalue weighted by molar-refractivity contribution is 0.103. The van der Waals surface area contributed by atoms with Crippen LogP contribution in [0.4, 0.5) is 0 Å². The normalized spacial score (nSPS) is 16.4. The van der Waals surface area contributed by atoms with Gasteiger partial charge in [-0.2, -0.15) is 0 Å². The fourth-order valence-electron chi connectivity index (χ4n) is 11.1. The van der Waals surface area contributed by atoms with E-state index in [0.29, 0.717) is 21.8 Å². The van der Waals surface area contributed by atoms with E-state index in [-0.39, 0.29) is 0 Å². The lowest BCUT2D eigenvalue weighted by Gasteiger charge is -2.58. The summed E-state index contributed by atoms with van der Waals surface area (Å²) in [7, 11) is -5.48. The van der Waals surface area contributed by atoms with Crippen LogP contribution in [0.1, 0.15) is 29.5 Å². The van der Waals surface area contributed by atoms with E-state index < -0.39 is 48.1 Å². The van der Waals surface area contributed by atoms with Crippen LogP contribution < -0.4 is 10.4 Å². The van der Waals surface area contributed by atoms with Gasteiger partial charge >= 0.3 is 0 Å². The molecule has 0 bridgehead atoms. The van der Waals surface area contributed by atoms with Gasteiger partial charge in [0.15, 0.2) is 0 Å². The topological polar surface area (TPSA) is 18.5 Å². The van der Waals surface area contributed by atoms with Crippen LogP contribution >= 0.6 is 0 Å². The lowest BCUT2D eigenvalue weighted by Crippen LogP contribution is -2.69. The van der Waals surface area contributed by atoms with Crippen LogP contribution in [0.25, 0.3) is 21.5 Å². The van der Waals surface area contributed by atoms with Crippen molar-refractivity contribution in [3.63, 3.8) is 0 Å². The Balaban J connectivity index is 0.000000894. The number of aryl methyl sites for hydroxylation is 3. The number of methoxy groups -OCH3 is 2. The first-order chi connectivity index (χ1) is 23.5. The fourth-order valence-corrected chi connectivity index (χ4v) is 78.4. The van der Waals surface area contributed by atoms with Crippen molar-refractivity contribution in [1.82, 2.24) is 0 Å². The first-order valence-electron chi connectivity index (χ1n) is 19.2. The highest BCUT2D eigenvalue weighted by atomic mass is 28.9. The third kappa shape index (κ3) is 7.51. The highest BCUT2D eigenvalue weighted by Crippen LogP contribution is 2.69. The molecule has 0 aromatic heterocycles. The third-order valence-corrected chi connectivity index (χ3v) is 58.4. The minimum Gasteiger partial charge on any atom is -0.382 e. The quantitative estimate of drug-likeness (QED) is 0.0956. The molecule has 4 aromatic rings. The number of benzene rings is 4. The minimum atomic E-state index is -1.65. The van der Waals surface area contributed by atoms with Crippen LogP contribution in [-0.4, -0.2) is 75.5 Å². The van der Waals surface area contributed by atoms with Crippen molar-refractivity contribution in [3.8, 4) is 0 Å². The SMILES string of the molecule is COCCOC.Cc1cc(C)c([Si](c2c3ccccc3cc3ccccc23)=[Si]2C([Si](C)(C)C)([Si](C)(C)C)CCC2([Si](C)(C)C)[Si](C)(C)C)c(C)c1. The molecule has 0 radical (unpaired) electrons.